The molecule has 1 aliphatic heterocycles. The molecule has 146 valence electrons. The molecular weight excluding hydrogens is 362 g/mol. The van der Waals surface area contributed by atoms with Crippen molar-refractivity contribution in [1.82, 2.24) is 15.5 Å². The van der Waals surface area contributed by atoms with Crippen LogP contribution in [0.1, 0.15) is 55.3 Å². The Morgan fingerprint density at radius 2 is 2.04 bits per heavy atom. The van der Waals surface area contributed by atoms with Crippen LogP contribution in [0.4, 0.5) is 0 Å². The van der Waals surface area contributed by atoms with Crippen LogP contribution < -0.4 is 10.6 Å². The highest BCUT2D eigenvalue weighted by Gasteiger charge is 2.25. The number of hydrogen-bond acceptors (Lipinski definition) is 5. The maximum atomic E-state index is 12.6. The van der Waals surface area contributed by atoms with E-state index in [4.69, 9.17) is 4.42 Å². The lowest BCUT2D eigenvalue weighted by Crippen LogP contribution is -2.41. The van der Waals surface area contributed by atoms with Gasteiger partial charge in [-0.15, -0.1) is 11.3 Å². The third-order valence-corrected chi connectivity index (χ3v) is 5.84. The van der Waals surface area contributed by atoms with Gasteiger partial charge < -0.3 is 15.1 Å². The zero-order valence-corrected chi connectivity index (χ0v) is 16.5. The molecule has 1 saturated heterocycles. The number of nitrogens with one attached hydrogen (secondary N) is 2. The summed E-state index contributed by atoms with van der Waals surface area (Å²) < 4.78 is 5.63. The number of thiophene rings is 1. The molecule has 0 aliphatic carbocycles. The molecule has 2 atom stereocenters. The van der Waals surface area contributed by atoms with Gasteiger partial charge in [0.05, 0.1) is 24.8 Å². The predicted molar refractivity (Wildman–Crippen MR) is 105 cm³/mol. The number of carbonyl (C=O) groups excluding carboxylic acids is 2. The van der Waals surface area contributed by atoms with Gasteiger partial charge in [0.1, 0.15) is 5.76 Å². The average molecular weight is 390 g/mol. The van der Waals surface area contributed by atoms with Crippen LogP contribution >= 0.6 is 11.3 Å². The third-order valence-electron chi connectivity index (χ3n) is 4.85. The number of likely N-dealkylation sites (tertiary alicyclic amines) is 1. The van der Waals surface area contributed by atoms with Crippen LogP contribution in [0, 0.1) is 0 Å². The molecule has 1 fully saturated rings. The maximum Gasteiger partial charge on any atom is 0.222 e. The monoisotopic (exact) mass is 389 g/mol. The molecule has 6 nitrogen and oxygen atoms in total. The van der Waals surface area contributed by atoms with Crippen LogP contribution in [-0.2, 0) is 9.59 Å². The van der Waals surface area contributed by atoms with E-state index >= 15 is 0 Å². The van der Waals surface area contributed by atoms with Crippen molar-refractivity contribution in [3.8, 4) is 0 Å². The normalized spacial score (nSPS) is 17.2. The summed E-state index contributed by atoms with van der Waals surface area (Å²) in [4.78, 5) is 27.4. The zero-order chi connectivity index (χ0) is 19.1. The maximum absolute atomic E-state index is 12.6. The average Bonchev–Trinajstić information content (AvgIpc) is 3.36. The van der Waals surface area contributed by atoms with Gasteiger partial charge in [0, 0.05) is 18.3 Å². The van der Waals surface area contributed by atoms with Crippen molar-refractivity contribution < 1.29 is 14.0 Å². The summed E-state index contributed by atoms with van der Waals surface area (Å²) in [7, 11) is 0. The van der Waals surface area contributed by atoms with E-state index in [0.717, 1.165) is 23.7 Å². The van der Waals surface area contributed by atoms with Crippen molar-refractivity contribution in [2.24, 2.45) is 0 Å². The van der Waals surface area contributed by atoms with Crippen LogP contribution in [0.25, 0.3) is 0 Å². The molecule has 0 aromatic carbocycles. The molecule has 3 heterocycles. The predicted octanol–water partition coefficient (Wildman–Crippen LogP) is 3.25. The van der Waals surface area contributed by atoms with E-state index in [0.29, 0.717) is 6.54 Å². The SMILES string of the molecule is CC(=O)N[C@@H](CC(=O)NC[C@H](c1ccco1)N1CCCCC1)c1cccs1. The van der Waals surface area contributed by atoms with E-state index in [1.165, 1.54) is 26.2 Å². The Kier molecular flexibility index (Phi) is 7.06. The van der Waals surface area contributed by atoms with Gasteiger partial charge in [0.2, 0.25) is 11.8 Å². The number of amides is 2. The van der Waals surface area contributed by atoms with Gasteiger partial charge in [-0.2, -0.15) is 0 Å². The largest absolute Gasteiger partial charge is 0.468 e. The van der Waals surface area contributed by atoms with Crippen LogP contribution in [-0.4, -0.2) is 36.3 Å². The van der Waals surface area contributed by atoms with Gasteiger partial charge in [-0.25, -0.2) is 0 Å². The van der Waals surface area contributed by atoms with Crippen molar-refractivity contribution in [2.75, 3.05) is 19.6 Å². The summed E-state index contributed by atoms with van der Waals surface area (Å²) in [6.07, 6.45) is 5.51. The Morgan fingerprint density at radius 1 is 1.22 bits per heavy atom. The lowest BCUT2D eigenvalue weighted by Gasteiger charge is -2.33. The van der Waals surface area contributed by atoms with Crippen molar-refractivity contribution in [1.29, 1.82) is 0 Å². The Bertz CT molecular complexity index is 709. The molecule has 0 saturated carbocycles. The number of piperidine rings is 1. The second-order valence-electron chi connectivity index (χ2n) is 6.90. The van der Waals surface area contributed by atoms with Crippen LogP contribution in [0.3, 0.4) is 0 Å². The lowest BCUT2D eigenvalue weighted by atomic mass is 10.1. The molecular formula is C20H27N3O3S. The third kappa shape index (κ3) is 5.68. The van der Waals surface area contributed by atoms with Crippen molar-refractivity contribution >= 4 is 23.2 Å². The van der Waals surface area contributed by atoms with Crippen molar-refractivity contribution in [3.05, 3.63) is 46.5 Å². The van der Waals surface area contributed by atoms with E-state index in [-0.39, 0.29) is 30.3 Å². The highest BCUT2D eigenvalue weighted by molar-refractivity contribution is 7.10. The molecule has 2 aromatic rings. The quantitative estimate of drug-likeness (QED) is 0.727. The topological polar surface area (TPSA) is 74.6 Å². The first-order valence-corrected chi connectivity index (χ1v) is 10.4. The Hall–Kier alpha value is -2.12. The molecule has 0 radical (unpaired) electrons. The number of furan rings is 1. The molecule has 0 spiro atoms. The second kappa shape index (κ2) is 9.71. The summed E-state index contributed by atoms with van der Waals surface area (Å²) in [5, 5.41) is 7.87. The van der Waals surface area contributed by atoms with Crippen LogP contribution in [0.2, 0.25) is 0 Å². The fourth-order valence-corrected chi connectivity index (χ4v) is 4.32. The molecule has 2 N–H and O–H groups in total. The van der Waals surface area contributed by atoms with E-state index in [2.05, 4.69) is 15.5 Å². The standard InChI is InChI=1S/C20H27N3O3S/c1-15(24)22-16(19-8-6-12-27-19)13-20(25)21-14-17(18-7-5-11-26-18)23-9-3-2-4-10-23/h5-8,11-12,16-17H,2-4,9-10,13-14H2,1H3,(H,21,25)(H,22,24)/t16-,17+/m0/s1. The smallest absolute Gasteiger partial charge is 0.222 e. The minimum absolute atomic E-state index is 0.0465. The summed E-state index contributed by atoms with van der Waals surface area (Å²) >= 11 is 1.54. The summed E-state index contributed by atoms with van der Waals surface area (Å²) in [5.41, 5.74) is 0. The highest BCUT2D eigenvalue weighted by atomic mass is 32.1. The first-order chi connectivity index (χ1) is 13.1. The number of nitrogens with zero attached hydrogens (tertiary/aromatic N) is 1. The minimum atomic E-state index is -0.292. The van der Waals surface area contributed by atoms with Gasteiger partial charge in [-0.1, -0.05) is 12.5 Å². The number of hydrogen-bond donors (Lipinski definition) is 2. The van der Waals surface area contributed by atoms with Gasteiger partial charge in [0.15, 0.2) is 0 Å². The molecule has 0 unspecified atom stereocenters. The van der Waals surface area contributed by atoms with Crippen molar-refractivity contribution in [3.63, 3.8) is 0 Å². The molecule has 3 rings (SSSR count). The van der Waals surface area contributed by atoms with Crippen molar-refractivity contribution in [2.45, 2.75) is 44.7 Å². The van der Waals surface area contributed by atoms with E-state index in [1.54, 1.807) is 17.6 Å². The molecule has 2 aromatic heterocycles. The Morgan fingerprint density at radius 3 is 2.67 bits per heavy atom. The molecule has 1 aliphatic rings. The Balaban J connectivity index is 1.60. The van der Waals surface area contributed by atoms with Gasteiger partial charge in [-0.3, -0.25) is 14.5 Å². The fourth-order valence-electron chi connectivity index (χ4n) is 3.55. The van der Waals surface area contributed by atoms with Crippen LogP contribution in [0.15, 0.2) is 40.3 Å². The fraction of sp³-hybridized carbons (Fsp3) is 0.500. The molecule has 27 heavy (non-hydrogen) atoms. The minimum Gasteiger partial charge on any atom is -0.468 e. The molecule has 0 bridgehead atoms. The first-order valence-electron chi connectivity index (χ1n) is 9.48. The van der Waals surface area contributed by atoms with Gasteiger partial charge in [0.25, 0.3) is 0 Å². The summed E-state index contributed by atoms with van der Waals surface area (Å²) in [6.45, 7) is 4.02. The summed E-state index contributed by atoms with van der Waals surface area (Å²) in [5.74, 6) is 0.674. The first kappa shape index (κ1) is 19.6. The van der Waals surface area contributed by atoms with E-state index < -0.39 is 0 Å². The van der Waals surface area contributed by atoms with Gasteiger partial charge in [-0.05, 0) is 49.5 Å². The van der Waals surface area contributed by atoms with E-state index in [1.807, 2.05) is 29.6 Å². The number of carbonyl (C=O) groups is 2. The van der Waals surface area contributed by atoms with Gasteiger partial charge >= 0.3 is 0 Å². The molecule has 2 amide bonds. The Labute approximate surface area is 163 Å². The van der Waals surface area contributed by atoms with E-state index in [9.17, 15) is 9.59 Å². The summed E-state index contributed by atoms with van der Waals surface area (Å²) in [6, 6.07) is 7.48. The molecule has 7 heteroatoms. The number of rotatable bonds is 8. The van der Waals surface area contributed by atoms with Crippen LogP contribution in [0.5, 0.6) is 0 Å². The highest BCUT2D eigenvalue weighted by Crippen LogP contribution is 2.25. The lowest BCUT2D eigenvalue weighted by molar-refractivity contribution is -0.123. The zero-order valence-electron chi connectivity index (χ0n) is 15.6. The second-order valence-corrected chi connectivity index (χ2v) is 7.88.